The zero-order chi connectivity index (χ0) is 11.5. The van der Waals surface area contributed by atoms with Crippen molar-refractivity contribution in [2.75, 3.05) is 19.7 Å². The molecule has 0 aromatic carbocycles. The van der Waals surface area contributed by atoms with E-state index in [1.54, 1.807) is 0 Å². The van der Waals surface area contributed by atoms with E-state index in [1.165, 1.54) is 10.4 Å². The van der Waals surface area contributed by atoms with Crippen LogP contribution in [0.4, 0.5) is 0 Å². The van der Waals surface area contributed by atoms with Gasteiger partial charge in [-0.3, -0.25) is 0 Å². The molecule has 0 bridgehead atoms. The molecule has 1 aliphatic rings. The first-order chi connectivity index (χ1) is 7.68. The maximum Gasteiger partial charge on any atom is 0.0778 e. The van der Waals surface area contributed by atoms with E-state index in [9.17, 15) is 0 Å². The number of hydrogen-bond acceptors (Lipinski definition) is 3. The van der Waals surface area contributed by atoms with E-state index >= 15 is 0 Å². The van der Waals surface area contributed by atoms with Crippen molar-refractivity contribution in [3.63, 3.8) is 0 Å². The highest BCUT2D eigenvalue weighted by Crippen LogP contribution is 2.34. The predicted molar refractivity (Wildman–Crippen MR) is 69.2 cm³/mol. The van der Waals surface area contributed by atoms with Gasteiger partial charge in [0.2, 0.25) is 0 Å². The highest BCUT2D eigenvalue weighted by Gasteiger charge is 2.29. The molecule has 0 amide bonds. The van der Waals surface area contributed by atoms with Crippen molar-refractivity contribution in [2.45, 2.75) is 32.8 Å². The first-order valence-corrected chi connectivity index (χ1v) is 6.94. The van der Waals surface area contributed by atoms with E-state index in [1.807, 2.05) is 11.3 Å². The number of ether oxygens (including phenoxy) is 1. The Balaban J connectivity index is 2.16. The van der Waals surface area contributed by atoms with Gasteiger partial charge in [0.25, 0.3) is 0 Å². The molecule has 0 saturated carbocycles. The molecule has 0 aliphatic carbocycles. The average Bonchev–Trinajstić information content (AvgIpc) is 2.66. The average molecular weight is 239 g/mol. The molecule has 90 valence electrons. The van der Waals surface area contributed by atoms with Crippen LogP contribution < -0.4 is 5.32 Å². The molecule has 2 unspecified atom stereocenters. The smallest absolute Gasteiger partial charge is 0.0778 e. The second kappa shape index (κ2) is 5.30. The third-order valence-electron chi connectivity index (χ3n) is 3.15. The van der Waals surface area contributed by atoms with Crippen molar-refractivity contribution in [3.05, 3.63) is 21.9 Å². The standard InChI is InChI=1S/C13H21NOS/c1-9(2)13(11-7-14-4-5-15-11)12-6-10(3)8-16-12/h6,8-9,11,13-14H,4-5,7H2,1-3H3. The Bertz CT molecular complexity index is 328. The number of hydrogen-bond donors (Lipinski definition) is 1. The maximum absolute atomic E-state index is 5.91. The van der Waals surface area contributed by atoms with Gasteiger partial charge in [-0.05, 0) is 29.9 Å². The molecular formula is C13H21NOS. The lowest BCUT2D eigenvalue weighted by Crippen LogP contribution is -2.43. The Labute approximate surface area is 102 Å². The fourth-order valence-electron chi connectivity index (χ4n) is 2.39. The molecule has 1 aliphatic heterocycles. The van der Waals surface area contributed by atoms with Crippen LogP contribution in [-0.2, 0) is 4.74 Å². The molecule has 3 heteroatoms. The fourth-order valence-corrected chi connectivity index (χ4v) is 3.61. The Kier molecular flexibility index (Phi) is 4.00. The summed E-state index contributed by atoms with van der Waals surface area (Å²) < 4.78 is 5.91. The normalized spacial score (nSPS) is 23.6. The van der Waals surface area contributed by atoms with Gasteiger partial charge in [-0.25, -0.2) is 0 Å². The van der Waals surface area contributed by atoms with Gasteiger partial charge in [0.05, 0.1) is 12.7 Å². The molecule has 1 aromatic rings. The second-order valence-corrected chi connectivity index (χ2v) is 5.85. The Morgan fingerprint density at radius 3 is 2.81 bits per heavy atom. The van der Waals surface area contributed by atoms with Crippen LogP contribution in [0, 0.1) is 12.8 Å². The molecular weight excluding hydrogens is 218 g/mol. The van der Waals surface area contributed by atoms with E-state index in [0.29, 0.717) is 17.9 Å². The summed E-state index contributed by atoms with van der Waals surface area (Å²) in [7, 11) is 0. The lowest BCUT2D eigenvalue weighted by Gasteiger charge is -2.32. The van der Waals surface area contributed by atoms with E-state index < -0.39 is 0 Å². The zero-order valence-electron chi connectivity index (χ0n) is 10.3. The van der Waals surface area contributed by atoms with E-state index in [0.717, 1.165) is 19.7 Å². The summed E-state index contributed by atoms with van der Waals surface area (Å²) in [5, 5.41) is 5.66. The van der Waals surface area contributed by atoms with Gasteiger partial charge < -0.3 is 10.1 Å². The van der Waals surface area contributed by atoms with Gasteiger partial charge in [0.15, 0.2) is 0 Å². The molecule has 1 fully saturated rings. The van der Waals surface area contributed by atoms with Crippen LogP contribution in [0.25, 0.3) is 0 Å². The Morgan fingerprint density at radius 2 is 2.31 bits per heavy atom. The predicted octanol–water partition coefficient (Wildman–Crippen LogP) is 2.78. The van der Waals surface area contributed by atoms with Gasteiger partial charge in [-0.15, -0.1) is 11.3 Å². The summed E-state index contributed by atoms with van der Waals surface area (Å²) in [5.41, 5.74) is 1.37. The van der Waals surface area contributed by atoms with Crippen molar-refractivity contribution in [2.24, 2.45) is 5.92 Å². The van der Waals surface area contributed by atoms with E-state index in [-0.39, 0.29) is 0 Å². The second-order valence-electron chi connectivity index (χ2n) is 4.91. The van der Waals surface area contributed by atoms with E-state index in [4.69, 9.17) is 4.74 Å². The number of rotatable bonds is 3. The third kappa shape index (κ3) is 2.65. The number of morpholine rings is 1. The zero-order valence-corrected chi connectivity index (χ0v) is 11.1. The topological polar surface area (TPSA) is 21.3 Å². The minimum atomic E-state index is 0.340. The fraction of sp³-hybridized carbons (Fsp3) is 0.692. The molecule has 2 nitrogen and oxygen atoms in total. The molecule has 1 aromatic heterocycles. The molecule has 0 radical (unpaired) electrons. The largest absolute Gasteiger partial charge is 0.375 e. The lowest BCUT2D eigenvalue weighted by molar-refractivity contribution is 0.00221. The number of nitrogens with one attached hydrogen (secondary N) is 1. The molecule has 16 heavy (non-hydrogen) atoms. The minimum Gasteiger partial charge on any atom is -0.375 e. The van der Waals surface area contributed by atoms with Gasteiger partial charge in [0, 0.05) is 23.9 Å². The summed E-state index contributed by atoms with van der Waals surface area (Å²) in [6.45, 7) is 9.57. The molecule has 1 N–H and O–H groups in total. The molecule has 1 saturated heterocycles. The van der Waals surface area contributed by atoms with Crippen LogP contribution in [0.3, 0.4) is 0 Å². The van der Waals surface area contributed by atoms with Crippen molar-refractivity contribution in [1.82, 2.24) is 5.32 Å². The monoisotopic (exact) mass is 239 g/mol. The summed E-state index contributed by atoms with van der Waals surface area (Å²) >= 11 is 1.87. The van der Waals surface area contributed by atoms with Crippen molar-refractivity contribution in [3.8, 4) is 0 Å². The Hall–Kier alpha value is -0.380. The highest BCUT2D eigenvalue weighted by molar-refractivity contribution is 7.10. The summed E-state index contributed by atoms with van der Waals surface area (Å²) in [5.74, 6) is 1.16. The Morgan fingerprint density at radius 1 is 1.50 bits per heavy atom. The van der Waals surface area contributed by atoms with Crippen LogP contribution in [-0.4, -0.2) is 25.8 Å². The van der Waals surface area contributed by atoms with Crippen LogP contribution in [0.5, 0.6) is 0 Å². The number of thiophene rings is 1. The third-order valence-corrected chi connectivity index (χ3v) is 4.31. The van der Waals surface area contributed by atoms with Gasteiger partial charge in [-0.2, -0.15) is 0 Å². The van der Waals surface area contributed by atoms with Crippen molar-refractivity contribution < 1.29 is 4.74 Å². The SMILES string of the molecule is Cc1csc(C(C(C)C)C2CNCCO2)c1. The molecule has 2 atom stereocenters. The summed E-state index contributed by atoms with van der Waals surface area (Å²) in [6, 6.07) is 2.31. The van der Waals surface area contributed by atoms with Crippen LogP contribution >= 0.6 is 11.3 Å². The minimum absolute atomic E-state index is 0.340. The summed E-state index contributed by atoms with van der Waals surface area (Å²) in [6.07, 6.45) is 0.340. The first-order valence-electron chi connectivity index (χ1n) is 6.06. The maximum atomic E-state index is 5.91. The van der Waals surface area contributed by atoms with E-state index in [2.05, 4.69) is 37.5 Å². The lowest BCUT2D eigenvalue weighted by atomic mass is 9.88. The van der Waals surface area contributed by atoms with Gasteiger partial charge in [0.1, 0.15) is 0 Å². The molecule has 2 rings (SSSR count). The van der Waals surface area contributed by atoms with Crippen LogP contribution in [0.15, 0.2) is 11.4 Å². The molecule has 2 heterocycles. The molecule has 0 spiro atoms. The first kappa shape index (κ1) is 12.1. The number of aryl methyl sites for hydroxylation is 1. The van der Waals surface area contributed by atoms with Gasteiger partial charge in [-0.1, -0.05) is 13.8 Å². The van der Waals surface area contributed by atoms with Crippen molar-refractivity contribution >= 4 is 11.3 Å². The van der Waals surface area contributed by atoms with Gasteiger partial charge >= 0.3 is 0 Å². The highest BCUT2D eigenvalue weighted by atomic mass is 32.1. The summed E-state index contributed by atoms with van der Waals surface area (Å²) in [4.78, 5) is 1.47. The van der Waals surface area contributed by atoms with Crippen molar-refractivity contribution in [1.29, 1.82) is 0 Å². The van der Waals surface area contributed by atoms with Crippen LogP contribution in [0.2, 0.25) is 0 Å². The van der Waals surface area contributed by atoms with Crippen LogP contribution in [0.1, 0.15) is 30.2 Å². The quantitative estimate of drug-likeness (QED) is 0.876.